The Morgan fingerprint density at radius 1 is 0.789 bits per heavy atom. The molecule has 0 aliphatic carbocycles. The van der Waals surface area contributed by atoms with Gasteiger partial charge in [0.05, 0.1) is 0 Å². The third-order valence-corrected chi connectivity index (χ3v) is 2.60. The molecule has 0 bridgehead atoms. The molecule has 0 atom stereocenters. The third kappa shape index (κ3) is 45.2. The maximum atomic E-state index is 8.74. The fourth-order valence-electron chi connectivity index (χ4n) is 1.66. The van der Waals surface area contributed by atoms with Crippen molar-refractivity contribution < 1.29 is 68.9 Å². The van der Waals surface area contributed by atoms with Crippen LogP contribution in [0.15, 0.2) is 0 Å². The first-order valence-electron chi connectivity index (χ1n) is 6.91. The Morgan fingerprint density at radius 3 is 1.32 bits per heavy atom. The Hall–Kier alpha value is 1.51. The van der Waals surface area contributed by atoms with Crippen LogP contribution in [0.1, 0.15) is 77.6 Å². The summed E-state index contributed by atoms with van der Waals surface area (Å²) >= 11 is 0. The van der Waals surface area contributed by atoms with E-state index in [9.17, 15) is 0 Å². The first kappa shape index (κ1) is 25.5. The molecule has 0 fully saturated rings. The standard InChI is InChI=1S/C13H27.K.H2O4S/c1-3-5-7-9-11-13-12-10-8-6-4-2;;1-5(2,3)4/h1,3-13H2,2H3;;(H2,1,2,3,4)/q-1;+1;. The molecule has 0 heterocycles. The minimum absolute atomic E-state index is 0. The molecule has 0 saturated carbocycles. The molecule has 6 heteroatoms. The van der Waals surface area contributed by atoms with E-state index < -0.39 is 10.4 Å². The van der Waals surface area contributed by atoms with Crippen molar-refractivity contribution in [3.8, 4) is 0 Å². The molecule has 2 N–H and O–H groups in total. The summed E-state index contributed by atoms with van der Waals surface area (Å²) in [5, 5.41) is 0. The fourth-order valence-corrected chi connectivity index (χ4v) is 1.66. The SMILES string of the molecule is O=S(=O)(O)O.[CH2-]CCCCCCCCCCCC.[K+]. The normalized spacial score (nSPS) is 10.3. The molecule has 0 spiro atoms. The van der Waals surface area contributed by atoms with Crippen LogP contribution in [0.4, 0.5) is 0 Å². The van der Waals surface area contributed by atoms with Crippen molar-refractivity contribution in [2.75, 3.05) is 0 Å². The van der Waals surface area contributed by atoms with Gasteiger partial charge < -0.3 is 6.92 Å². The maximum absolute atomic E-state index is 8.74. The molecule has 0 saturated heterocycles. The largest absolute Gasteiger partial charge is 1.00 e. The maximum Gasteiger partial charge on any atom is 1.00 e. The van der Waals surface area contributed by atoms with Gasteiger partial charge in [-0.3, -0.25) is 9.11 Å². The zero-order chi connectivity index (χ0) is 14.3. The van der Waals surface area contributed by atoms with Crippen molar-refractivity contribution in [3.63, 3.8) is 0 Å². The first-order valence-corrected chi connectivity index (χ1v) is 8.30. The van der Waals surface area contributed by atoms with Gasteiger partial charge in [-0.25, -0.2) is 0 Å². The van der Waals surface area contributed by atoms with Crippen LogP contribution >= 0.6 is 0 Å². The summed E-state index contributed by atoms with van der Waals surface area (Å²) in [5.41, 5.74) is 0. The van der Waals surface area contributed by atoms with Gasteiger partial charge in [-0.15, -0.1) is 0 Å². The summed E-state index contributed by atoms with van der Waals surface area (Å²) in [6, 6.07) is 0. The van der Waals surface area contributed by atoms with E-state index in [-0.39, 0.29) is 51.4 Å². The molecule has 19 heavy (non-hydrogen) atoms. The minimum atomic E-state index is -4.67. The van der Waals surface area contributed by atoms with Gasteiger partial charge in [0, 0.05) is 0 Å². The van der Waals surface area contributed by atoms with E-state index in [0.717, 1.165) is 6.42 Å². The second kappa shape index (κ2) is 19.5. The molecule has 0 rings (SSSR count). The summed E-state index contributed by atoms with van der Waals surface area (Å²) in [6.45, 7) is 6.13. The smallest absolute Gasteiger partial charge is 0.343 e. The number of hydrogen-bond acceptors (Lipinski definition) is 2. The van der Waals surface area contributed by atoms with Crippen LogP contribution in [0, 0.1) is 6.92 Å². The summed E-state index contributed by atoms with van der Waals surface area (Å²) in [7, 11) is -4.67. The van der Waals surface area contributed by atoms with Gasteiger partial charge >= 0.3 is 61.8 Å². The molecule has 0 aromatic heterocycles. The summed E-state index contributed by atoms with van der Waals surface area (Å²) in [5.74, 6) is 0. The van der Waals surface area contributed by atoms with E-state index in [1.54, 1.807) is 0 Å². The quantitative estimate of drug-likeness (QED) is 0.277. The van der Waals surface area contributed by atoms with E-state index in [2.05, 4.69) is 13.8 Å². The van der Waals surface area contributed by atoms with Gasteiger partial charge in [-0.05, 0) is 0 Å². The predicted octanol–water partition coefficient (Wildman–Crippen LogP) is 1.48. The van der Waals surface area contributed by atoms with E-state index in [1.165, 1.54) is 64.2 Å². The summed E-state index contributed by atoms with van der Waals surface area (Å²) < 4.78 is 31.6. The van der Waals surface area contributed by atoms with Gasteiger partial charge in [0.2, 0.25) is 0 Å². The van der Waals surface area contributed by atoms with Gasteiger partial charge in [0.1, 0.15) is 0 Å². The topological polar surface area (TPSA) is 74.6 Å². The number of unbranched alkanes of at least 4 members (excludes halogenated alkanes) is 10. The molecule has 4 nitrogen and oxygen atoms in total. The van der Waals surface area contributed by atoms with Crippen LogP contribution in [0.5, 0.6) is 0 Å². The molecular formula is C13H29KO4S. The van der Waals surface area contributed by atoms with Crippen LogP contribution < -0.4 is 51.4 Å². The van der Waals surface area contributed by atoms with E-state index >= 15 is 0 Å². The Labute approximate surface area is 162 Å². The molecule has 0 radical (unpaired) electrons. The summed E-state index contributed by atoms with van der Waals surface area (Å²) in [6.07, 6.45) is 15.4. The Morgan fingerprint density at radius 2 is 1.05 bits per heavy atom. The Balaban J connectivity index is -0.000000366. The first-order chi connectivity index (χ1) is 8.41. The zero-order valence-electron chi connectivity index (χ0n) is 12.6. The number of rotatable bonds is 10. The third-order valence-electron chi connectivity index (χ3n) is 2.60. The van der Waals surface area contributed by atoms with E-state index in [0.29, 0.717) is 0 Å². The number of hydrogen-bond donors (Lipinski definition) is 2. The predicted molar refractivity (Wildman–Crippen MR) is 76.0 cm³/mol. The van der Waals surface area contributed by atoms with Gasteiger partial charge in [-0.1, -0.05) is 71.1 Å². The van der Waals surface area contributed by atoms with Crippen molar-refractivity contribution in [1.29, 1.82) is 0 Å². The Kier molecular flexibility index (Phi) is 26.1. The van der Waals surface area contributed by atoms with Crippen molar-refractivity contribution in [1.82, 2.24) is 0 Å². The van der Waals surface area contributed by atoms with E-state index in [1.807, 2.05) is 0 Å². The fraction of sp³-hybridized carbons (Fsp3) is 0.923. The molecule has 0 aromatic rings. The molecule has 0 aromatic carbocycles. The molecule has 0 amide bonds. The van der Waals surface area contributed by atoms with Crippen molar-refractivity contribution >= 4 is 10.4 Å². The van der Waals surface area contributed by atoms with Crippen LogP contribution in [0.25, 0.3) is 0 Å². The van der Waals surface area contributed by atoms with Gasteiger partial charge in [0.25, 0.3) is 0 Å². The van der Waals surface area contributed by atoms with E-state index in [4.69, 9.17) is 17.5 Å². The minimum Gasteiger partial charge on any atom is -0.343 e. The molecule has 112 valence electrons. The second-order valence-electron chi connectivity index (χ2n) is 4.48. The van der Waals surface area contributed by atoms with Crippen LogP contribution in [-0.2, 0) is 10.4 Å². The van der Waals surface area contributed by atoms with Crippen molar-refractivity contribution in [2.45, 2.75) is 77.6 Å². The average molecular weight is 321 g/mol. The van der Waals surface area contributed by atoms with Crippen LogP contribution in [-0.4, -0.2) is 17.5 Å². The zero-order valence-corrected chi connectivity index (χ0v) is 16.5. The van der Waals surface area contributed by atoms with Crippen LogP contribution in [0.3, 0.4) is 0 Å². The molecular weight excluding hydrogens is 291 g/mol. The van der Waals surface area contributed by atoms with Crippen molar-refractivity contribution in [3.05, 3.63) is 6.92 Å². The Bertz CT molecular complexity index is 225. The summed E-state index contributed by atoms with van der Waals surface area (Å²) in [4.78, 5) is 0. The molecule has 0 unspecified atom stereocenters. The van der Waals surface area contributed by atoms with Crippen molar-refractivity contribution in [2.24, 2.45) is 0 Å². The van der Waals surface area contributed by atoms with Crippen LogP contribution in [0.2, 0.25) is 0 Å². The van der Waals surface area contributed by atoms with Gasteiger partial charge in [0.15, 0.2) is 0 Å². The second-order valence-corrected chi connectivity index (χ2v) is 5.38. The molecule has 0 aliphatic rings. The molecule has 0 aliphatic heterocycles. The van der Waals surface area contributed by atoms with Gasteiger partial charge in [-0.2, -0.15) is 14.8 Å². The monoisotopic (exact) mass is 320 g/mol. The average Bonchev–Trinajstić information content (AvgIpc) is 2.25.